The molecule has 2 fully saturated rings. The third-order valence-electron chi connectivity index (χ3n) is 5.20. The van der Waals surface area contributed by atoms with E-state index in [9.17, 15) is 18.3 Å². The van der Waals surface area contributed by atoms with Crippen LogP contribution >= 0.6 is 15.9 Å². The van der Waals surface area contributed by atoms with Crippen LogP contribution in [0.25, 0.3) is 0 Å². The Hall–Kier alpha value is -0.960. The van der Waals surface area contributed by atoms with E-state index in [4.69, 9.17) is 0 Å². The van der Waals surface area contributed by atoms with Crippen LogP contribution in [0.5, 0.6) is 0 Å². The summed E-state index contributed by atoms with van der Waals surface area (Å²) in [7, 11) is -3.63. The van der Waals surface area contributed by atoms with Crippen LogP contribution in [-0.4, -0.2) is 49.0 Å². The number of rotatable bonds is 4. The second kappa shape index (κ2) is 8.37. The maximum atomic E-state index is 12.9. The molecule has 3 rings (SSSR count). The molecule has 0 bridgehead atoms. The zero-order valence-electron chi connectivity index (χ0n) is 14.6. The van der Waals surface area contributed by atoms with Gasteiger partial charge in [-0.2, -0.15) is 4.31 Å². The van der Waals surface area contributed by atoms with E-state index in [0.29, 0.717) is 30.3 Å². The first-order chi connectivity index (χ1) is 12.4. The van der Waals surface area contributed by atoms with Crippen molar-refractivity contribution in [2.45, 2.75) is 55.6 Å². The van der Waals surface area contributed by atoms with Gasteiger partial charge in [0, 0.05) is 23.6 Å². The van der Waals surface area contributed by atoms with Crippen molar-refractivity contribution in [1.29, 1.82) is 0 Å². The van der Waals surface area contributed by atoms with E-state index < -0.39 is 10.0 Å². The van der Waals surface area contributed by atoms with Gasteiger partial charge < -0.3 is 10.4 Å². The number of aliphatic hydroxyl groups is 1. The summed E-state index contributed by atoms with van der Waals surface area (Å²) in [5.74, 6) is -0.448. The fourth-order valence-electron chi connectivity index (χ4n) is 3.78. The van der Waals surface area contributed by atoms with Crippen molar-refractivity contribution >= 4 is 31.9 Å². The lowest BCUT2D eigenvalue weighted by Gasteiger charge is -2.33. The van der Waals surface area contributed by atoms with Gasteiger partial charge in [-0.05, 0) is 66.6 Å². The highest BCUT2D eigenvalue weighted by molar-refractivity contribution is 9.10. The highest BCUT2D eigenvalue weighted by atomic mass is 79.9. The van der Waals surface area contributed by atoms with Crippen LogP contribution in [0.3, 0.4) is 0 Å². The number of piperidine rings is 1. The Balaban J connectivity index is 1.67. The van der Waals surface area contributed by atoms with Gasteiger partial charge >= 0.3 is 0 Å². The third kappa shape index (κ3) is 4.47. The fraction of sp³-hybridized carbons (Fsp3) is 0.611. The summed E-state index contributed by atoms with van der Waals surface area (Å²) in [6.45, 7) is 0.625. The Kier molecular flexibility index (Phi) is 6.37. The lowest BCUT2D eigenvalue weighted by molar-refractivity contribution is -0.127. The molecule has 1 aliphatic carbocycles. The molecular weight excluding hydrogens is 420 g/mol. The summed E-state index contributed by atoms with van der Waals surface area (Å²) in [6, 6.07) is 6.73. The quantitative estimate of drug-likeness (QED) is 0.745. The summed E-state index contributed by atoms with van der Waals surface area (Å²) in [5, 5.41) is 12.8. The molecule has 3 unspecified atom stereocenters. The SMILES string of the molecule is O=C(NC1CCCC(O)C1)C1CCCN(S(=O)(=O)c2ccccc2Br)C1. The number of aliphatic hydroxyl groups excluding tert-OH is 1. The topological polar surface area (TPSA) is 86.7 Å². The molecule has 0 aromatic heterocycles. The Bertz CT molecular complexity index is 755. The van der Waals surface area contributed by atoms with Crippen LogP contribution in [0.4, 0.5) is 0 Å². The van der Waals surface area contributed by atoms with Gasteiger partial charge in [0.2, 0.25) is 15.9 Å². The van der Waals surface area contributed by atoms with E-state index >= 15 is 0 Å². The number of carbonyl (C=O) groups excluding carboxylic acids is 1. The average molecular weight is 445 g/mol. The lowest BCUT2D eigenvalue weighted by Crippen LogP contribution is -2.48. The number of hydrogen-bond donors (Lipinski definition) is 2. The highest BCUT2D eigenvalue weighted by Crippen LogP contribution is 2.28. The van der Waals surface area contributed by atoms with Crippen molar-refractivity contribution in [2.75, 3.05) is 13.1 Å². The smallest absolute Gasteiger partial charge is 0.244 e. The van der Waals surface area contributed by atoms with Crippen molar-refractivity contribution in [3.05, 3.63) is 28.7 Å². The van der Waals surface area contributed by atoms with E-state index in [1.54, 1.807) is 24.3 Å². The van der Waals surface area contributed by atoms with Gasteiger partial charge in [-0.25, -0.2) is 8.42 Å². The number of halogens is 1. The van der Waals surface area contributed by atoms with Crippen LogP contribution in [-0.2, 0) is 14.8 Å². The maximum absolute atomic E-state index is 12.9. The molecule has 3 atom stereocenters. The minimum absolute atomic E-state index is 0.0125. The summed E-state index contributed by atoms with van der Waals surface area (Å²) < 4.78 is 27.8. The Morgan fingerprint density at radius 1 is 1.19 bits per heavy atom. The summed E-state index contributed by atoms with van der Waals surface area (Å²) >= 11 is 3.31. The predicted molar refractivity (Wildman–Crippen MR) is 102 cm³/mol. The van der Waals surface area contributed by atoms with E-state index in [0.717, 1.165) is 19.3 Å². The Morgan fingerprint density at radius 2 is 1.96 bits per heavy atom. The van der Waals surface area contributed by atoms with E-state index in [1.165, 1.54) is 4.31 Å². The third-order valence-corrected chi connectivity index (χ3v) is 8.08. The zero-order valence-corrected chi connectivity index (χ0v) is 17.0. The molecule has 26 heavy (non-hydrogen) atoms. The highest BCUT2D eigenvalue weighted by Gasteiger charge is 2.35. The second-order valence-corrected chi connectivity index (χ2v) is 9.92. The van der Waals surface area contributed by atoms with Gasteiger partial charge in [0.25, 0.3) is 0 Å². The number of hydrogen-bond acceptors (Lipinski definition) is 4. The summed E-state index contributed by atoms with van der Waals surface area (Å²) in [4.78, 5) is 12.9. The molecular formula is C18H25BrN2O4S. The van der Waals surface area contributed by atoms with Gasteiger partial charge in [-0.3, -0.25) is 4.79 Å². The van der Waals surface area contributed by atoms with Crippen LogP contribution in [0.2, 0.25) is 0 Å². The van der Waals surface area contributed by atoms with Gasteiger partial charge in [-0.1, -0.05) is 12.1 Å². The van der Waals surface area contributed by atoms with E-state index in [2.05, 4.69) is 21.2 Å². The number of benzene rings is 1. The molecule has 1 aliphatic heterocycles. The molecule has 0 spiro atoms. The van der Waals surface area contributed by atoms with Gasteiger partial charge in [0.15, 0.2) is 0 Å². The van der Waals surface area contributed by atoms with Crippen LogP contribution in [0.15, 0.2) is 33.6 Å². The average Bonchev–Trinajstić information content (AvgIpc) is 2.62. The van der Waals surface area contributed by atoms with Crippen LogP contribution < -0.4 is 5.32 Å². The van der Waals surface area contributed by atoms with E-state index in [1.807, 2.05) is 0 Å². The van der Waals surface area contributed by atoms with E-state index in [-0.39, 0.29) is 35.4 Å². The van der Waals surface area contributed by atoms with Crippen LogP contribution in [0.1, 0.15) is 38.5 Å². The van der Waals surface area contributed by atoms with Gasteiger partial charge in [0.1, 0.15) is 0 Å². The molecule has 2 N–H and O–H groups in total. The maximum Gasteiger partial charge on any atom is 0.244 e. The monoisotopic (exact) mass is 444 g/mol. The predicted octanol–water partition coefficient (Wildman–Crippen LogP) is 2.27. The van der Waals surface area contributed by atoms with Gasteiger partial charge in [-0.15, -0.1) is 0 Å². The largest absolute Gasteiger partial charge is 0.393 e. The minimum Gasteiger partial charge on any atom is -0.393 e. The van der Waals surface area contributed by atoms with Crippen molar-refractivity contribution in [2.24, 2.45) is 5.92 Å². The standard InChI is InChI=1S/C18H25BrN2O4S/c19-16-8-1-2-9-17(16)26(24,25)21-10-4-5-13(12-21)18(23)20-14-6-3-7-15(22)11-14/h1-2,8-9,13-15,22H,3-7,10-12H2,(H,20,23). The molecule has 1 aromatic rings. The van der Waals surface area contributed by atoms with Crippen molar-refractivity contribution in [3.63, 3.8) is 0 Å². The minimum atomic E-state index is -3.63. The molecule has 1 amide bonds. The number of nitrogens with one attached hydrogen (secondary N) is 1. The lowest BCUT2D eigenvalue weighted by atomic mass is 9.91. The van der Waals surface area contributed by atoms with Crippen LogP contribution in [0, 0.1) is 5.92 Å². The molecule has 2 aliphatic rings. The first kappa shape index (κ1) is 19.8. The molecule has 1 saturated heterocycles. The Labute approximate surface area is 163 Å². The molecule has 8 heteroatoms. The van der Waals surface area contributed by atoms with Gasteiger partial charge in [0.05, 0.1) is 16.9 Å². The molecule has 144 valence electrons. The summed E-state index contributed by atoms with van der Waals surface area (Å²) in [6.07, 6.45) is 4.13. The fourth-order valence-corrected chi connectivity index (χ4v) is 6.27. The molecule has 1 saturated carbocycles. The number of sulfonamides is 1. The number of nitrogens with zero attached hydrogens (tertiary/aromatic N) is 1. The first-order valence-electron chi connectivity index (χ1n) is 9.11. The number of amides is 1. The zero-order chi connectivity index (χ0) is 18.7. The van der Waals surface area contributed by atoms with Crippen molar-refractivity contribution in [1.82, 2.24) is 9.62 Å². The first-order valence-corrected chi connectivity index (χ1v) is 11.3. The normalized spacial score (nSPS) is 27.8. The number of carbonyl (C=O) groups is 1. The summed E-state index contributed by atoms with van der Waals surface area (Å²) in [5.41, 5.74) is 0. The molecule has 1 aromatic carbocycles. The molecule has 6 nitrogen and oxygen atoms in total. The second-order valence-electron chi connectivity index (χ2n) is 7.16. The molecule has 1 heterocycles. The van der Waals surface area contributed by atoms with Crippen molar-refractivity contribution < 1.29 is 18.3 Å². The Morgan fingerprint density at radius 3 is 2.69 bits per heavy atom. The van der Waals surface area contributed by atoms with Crippen molar-refractivity contribution in [3.8, 4) is 0 Å². The molecule has 0 radical (unpaired) electrons.